The van der Waals surface area contributed by atoms with Crippen molar-refractivity contribution in [3.8, 4) is 5.75 Å². The van der Waals surface area contributed by atoms with Crippen LogP contribution < -0.4 is 15.5 Å². The van der Waals surface area contributed by atoms with Gasteiger partial charge in [0.25, 0.3) is 5.91 Å². The number of phenols is 1. The first-order valence-corrected chi connectivity index (χ1v) is 12.6. The molecule has 186 valence electrons. The lowest BCUT2D eigenvalue weighted by molar-refractivity contribution is -0.115. The molecular weight excluding hydrogens is 511 g/mol. The first-order chi connectivity index (χ1) is 16.8. The fourth-order valence-electron chi connectivity index (χ4n) is 3.23. The number of halogens is 2. The average Bonchev–Trinajstić information content (AvgIpc) is 3.50. The Kier molecular flexibility index (Phi) is 9.64. The lowest BCUT2D eigenvalue weighted by Crippen LogP contribution is -2.22. The van der Waals surface area contributed by atoms with Gasteiger partial charge in [0, 0.05) is 26.1 Å². The molecule has 0 unspecified atom stereocenters. The van der Waals surface area contributed by atoms with Crippen LogP contribution >= 0.6 is 34.5 Å². The number of thiazole rings is 1. The van der Waals surface area contributed by atoms with Crippen LogP contribution in [0.3, 0.4) is 0 Å². The molecule has 1 saturated heterocycles. The third-order valence-electron chi connectivity index (χ3n) is 5.09. The van der Waals surface area contributed by atoms with Crippen LogP contribution in [0.2, 0.25) is 10.2 Å². The standard InChI is InChI=1S/C15H17N3O3S.C8H9Cl2N3/c1-3-12(20)18-15-17-9(2)13(22-15)14(21)16-8-10-4-6-11(19)7-5-10;9-6-7(10)11-5-12-8(6)13-3-1-2-4-13/h4-7,19H,3,8H2,1-2H3,(H,16,21)(H,17,18,20);5H,1-4H2. The van der Waals surface area contributed by atoms with Crippen LogP contribution in [0.25, 0.3) is 0 Å². The van der Waals surface area contributed by atoms with Crippen molar-refractivity contribution in [1.82, 2.24) is 20.3 Å². The number of nitrogens with one attached hydrogen (secondary N) is 2. The van der Waals surface area contributed by atoms with E-state index in [0.29, 0.717) is 38.8 Å². The van der Waals surface area contributed by atoms with Crippen LogP contribution in [-0.4, -0.2) is 45.0 Å². The second-order valence-electron chi connectivity index (χ2n) is 7.68. The maximum absolute atomic E-state index is 12.2. The highest BCUT2D eigenvalue weighted by atomic mass is 35.5. The van der Waals surface area contributed by atoms with Crippen LogP contribution in [0, 0.1) is 6.92 Å². The number of benzene rings is 1. The number of carbonyl (C=O) groups is 2. The molecule has 0 bridgehead atoms. The molecular formula is C23H26Cl2N6O3S. The van der Waals surface area contributed by atoms with Crippen molar-refractivity contribution in [2.75, 3.05) is 23.3 Å². The Morgan fingerprint density at radius 2 is 1.83 bits per heavy atom. The zero-order valence-electron chi connectivity index (χ0n) is 19.3. The molecule has 2 amide bonds. The van der Waals surface area contributed by atoms with Crippen molar-refractivity contribution in [1.29, 1.82) is 0 Å². The summed E-state index contributed by atoms with van der Waals surface area (Å²) in [6.45, 7) is 5.85. The maximum Gasteiger partial charge on any atom is 0.263 e. The van der Waals surface area contributed by atoms with Crippen LogP contribution in [0.5, 0.6) is 5.75 Å². The van der Waals surface area contributed by atoms with Gasteiger partial charge in [0.15, 0.2) is 16.1 Å². The van der Waals surface area contributed by atoms with Gasteiger partial charge in [-0.2, -0.15) is 0 Å². The van der Waals surface area contributed by atoms with E-state index >= 15 is 0 Å². The molecule has 2 aromatic heterocycles. The fraction of sp³-hybridized carbons (Fsp3) is 0.348. The Labute approximate surface area is 217 Å². The highest BCUT2D eigenvalue weighted by molar-refractivity contribution is 7.17. The smallest absolute Gasteiger partial charge is 0.263 e. The molecule has 0 saturated carbocycles. The summed E-state index contributed by atoms with van der Waals surface area (Å²) in [6.07, 6.45) is 4.19. The van der Waals surface area contributed by atoms with Gasteiger partial charge in [0.1, 0.15) is 22.0 Å². The second kappa shape index (κ2) is 12.7. The zero-order valence-corrected chi connectivity index (χ0v) is 21.7. The average molecular weight is 537 g/mol. The summed E-state index contributed by atoms with van der Waals surface area (Å²) in [5.41, 5.74) is 1.47. The molecule has 0 atom stereocenters. The molecule has 0 aliphatic carbocycles. The number of hydrogen-bond acceptors (Lipinski definition) is 8. The molecule has 0 radical (unpaired) electrons. The third-order valence-corrected chi connectivity index (χ3v) is 6.90. The summed E-state index contributed by atoms with van der Waals surface area (Å²) in [4.78, 5) is 38.2. The van der Waals surface area contributed by atoms with E-state index in [1.807, 2.05) is 0 Å². The van der Waals surface area contributed by atoms with Gasteiger partial charge in [0.05, 0.1) is 5.69 Å². The van der Waals surface area contributed by atoms with E-state index in [1.54, 1.807) is 38.1 Å². The van der Waals surface area contributed by atoms with Gasteiger partial charge in [0.2, 0.25) is 5.91 Å². The van der Waals surface area contributed by atoms with E-state index in [0.717, 1.165) is 35.8 Å². The molecule has 12 heteroatoms. The molecule has 1 aromatic carbocycles. The van der Waals surface area contributed by atoms with Crippen LogP contribution in [-0.2, 0) is 11.3 Å². The van der Waals surface area contributed by atoms with Gasteiger partial charge in [-0.05, 0) is 37.5 Å². The summed E-state index contributed by atoms with van der Waals surface area (Å²) in [6, 6.07) is 6.61. The minimum atomic E-state index is -0.236. The lowest BCUT2D eigenvalue weighted by Gasteiger charge is -2.17. The van der Waals surface area contributed by atoms with Gasteiger partial charge < -0.3 is 20.6 Å². The summed E-state index contributed by atoms with van der Waals surface area (Å²) in [5, 5.41) is 15.9. The number of nitrogens with zero attached hydrogens (tertiary/aromatic N) is 4. The van der Waals surface area contributed by atoms with E-state index in [9.17, 15) is 14.7 Å². The number of phenolic OH excluding ortho intramolecular Hbond substituents is 1. The van der Waals surface area contributed by atoms with E-state index < -0.39 is 0 Å². The van der Waals surface area contributed by atoms with Gasteiger partial charge in [-0.1, -0.05) is 53.6 Å². The number of aryl methyl sites for hydroxylation is 1. The summed E-state index contributed by atoms with van der Waals surface area (Å²) < 4.78 is 0. The number of aromatic nitrogens is 3. The molecule has 3 heterocycles. The van der Waals surface area contributed by atoms with Gasteiger partial charge in [-0.15, -0.1) is 0 Å². The summed E-state index contributed by atoms with van der Waals surface area (Å²) >= 11 is 12.9. The summed E-state index contributed by atoms with van der Waals surface area (Å²) in [5.74, 6) is 0.578. The Hall–Kier alpha value is -2.95. The number of hydrogen-bond donors (Lipinski definition) is 3. The largest absolute Gasteiger partial charge is 0.508 e. The number of aromatic hydroxyl groups is 1. The first kappa shape index (κ1) is 26.7. The normalized spacial score (nSPS) is 12.6. The minimum absolute atomic E-state index is 0.134. The monoisotopic (exact) mass is 536 g/mol. The number of amides is 2. The van der Waals surface area contributed by atoms with Crippen molar-refractivity contribution in [2.24, 2.45) is 0 Å². The van der Waals surface area contributed by atoms with Crippen LogP contribution in [0.15, 0.2) is 30.6 Å². The maximum atomic E-state index is 12.2. The molecule has 9 nitrogen and oxygen atoms in total. The van der Waals surface area contributed by atoms with Crippen molar-refractivity contribution in [2.45, 2.75) is 39.7 Å². The van der Waals surface area contributed by atoms with Crippen molar-refractivity contribution in [3.63, 3.8) is 0 Å². The van der Waals surface area contributed by atoms with Crippen LogP contribution in [0.1, 0.15) is 47.1 Å². The molecule has 4 rings (SSSR count). The third kappa shape index (κ3) is 7.51. The molecule has 0 spiro atoms. The van der Waals surface area contributed by atoms with E-state index in [-0.39, 0.29) is 17.6 Å². The van der Waals surface area contributed by atoms with E-state index in [2.05, 4.69) is 30.5 Å². The zero-order chi connectivity index (χ0) is 25.4. The first-order valence-electron chi connectivity index (χ1n) is 11.0. The highest BCUT2D eigenvalue weighted by Gasteiger charge is 2.18. The van der Waals surface area contributed by atoms with Gasteiger partial charge in [-0.3, -0.25) is 9.59 Å². The van der Waals surface area contributed by atoms with Crippen molar-refractivity contribution < 1.29 is 14.7 Å². The number of anilines is 2. The SMILES string of the molecule is CCC(=O)Nc1nc(C)c(C(=O)NCc2ccc(O)cc2)s1.Clc1ncnc(N2CCCC2)c1Cl. The van der Waals surface area contributed by atoms with Gasteiger partial charge >= 0.3 is 0 Å². The lowest BCUT2D eigenvalue weighted by atomic mass is 10.2. The second-order valence-corrected chi connectivity index (χ2v) is 9.42. The molecule has 1 fully saturated rings. The fourth-order valence-corrected chi connectivity index (χ4v) is 4.48. The Morgan fingerprint density at radius 3 is 2.49 bits per heavy atom. The highest BCUT2D eigenvalue weighted by Crippen LogP contribution is 2.30. The Morgan fingerprint density at radius 1 is 1.14 bits per heavy atom. The van der Waals surface area contributed by atoms with Gasteiger partial charge in [-0.25, -0.2) is 15.0 Å². The summed E-state index contributed by atoms with van der Waals surface area (Å²) in [7, 11) is 0. The van der Waals surface area contributed by atoms with Crippen molar-refractivity contribution >= 4 is 57.3 Å². The number of carbonyl (C=O) groups excluding carboxylic acids is 2. The molecule has 35 heavy (non-hydrogen) atoms. The molecule has 1 aliphatic heterocycles. The number of rotatable bonds is 6. The quantitative estimate of drug-likeness (QED) is 0.386. The van der Waals surface area contributed by atoms with E-state index in [1.165, 1.54) is 19.2 Å². The Balaban J connectivity index is 0.000000223. The topological polar surface area (TPSA) is 120 Å². The molecule has 3 aromatic rings. The van der Waals surface area contributed by atoms with Crippen LogP contribution in [0.4, 0.5) is 10.9 Å². The Bertz CT molecular complexity index is 1170. The predicted molar refractivity (Wildman–Crippen MR) is 139 cm³/mol. The van der Waals surface area contributed by atoms with Crippen molar-refractivity contribution in [3.05, 3.63) is 56.9 Å². The minimum Gasteiger partial charge on any atom is -0.508 e. The van der Waals surface area contributed by atoms with E-state index in [4.69, 9.17) is 23.2 Å². The molecule has 3 N–H and O–H groups in total. The predicted octanol–water partition coefficient (Wildman–Crippen LogP) is 4.82. The molecule has 1 aliphatic rings.